The molecule has 4 rings (SSSR count). The van der Waals surface area contributed by atoms with Crippen LogP contribution in [0.1, 0.15) is 37.2 Å². The minimum Gasteiger partial charge on any atom is -0.496 e. The Labute approximate surface area is 190 Å². The number of hydrogen-bond donors (Lipinski definition) is 0. The number of carbonyl (C=O) groups excluding carboxylic acids is 2. The van der Waals surface area contributed by atoms with Crippen molar-refractivity contribution in [2.24, 2.45) is 0 Å². The van der Waals surface area contributed by atoms with E-state index in [1.165, 1.54) is 44.4 Å². The zero-order chi connectivity index (χ0) is 23.7. The molecule has 1 atom stereocenters. The van der Waals surface area contributed by atoms with E-state index in [-0.39, 0.29) is 23.8 Å². The second kappa shape index (κ2) is 8.93. The number of ketones is 1. The molecule has 0 aromatic heterocycles. The Morgan fingerprint density at radius 2 is 1.67 bits per heavy atom. The topological polar surface area (TPSA) is 108 Å². The number of methoxy groups -OCH3 is 3. The molecule has 9 heteroatoms. The summed E-state index contributed by atoms with van der Waals surface area (Å²) in [6.45, 7) is 0. The lowest BCUT2D eigenvalue weighted by Crippen LogP contribution is -2.40. The molecule has 0 saturated carbocycles. The van der Waals surface area contributed by atoms with Gasteiger partial charge in [0.2, 0.25) is 5.91 Å². The van der Waals surface area contributed by atoms with Crippen molar-refractivity contribution in [3.05, 3.63) is 63.3 Å². The molecule has 0 fully saturated rings. The summed E-state index contributed by atoms with van der Waals surface area (Å²) in [5.74, 6) is 0.617. The second-order valence-electron chi connectivity index (χ2n) is 7.85. The van der Waals surface area contributed by atoms with Gasteiger partial charge >= 0.3 is 0 Å². The summed E-state index contributed by atoms with van der Waals surface area (Å²) >= 11 is 0. The van der Waals surface area contributed by atoms with Crippen molar-refractivity contribution in [1.29, 1.82) is 0 Å². The van der Waals surface area contributed by atoms with Gasteiger partial charge in [-0.3, -0.25) is 24.6 Å². The van der Waals surface area contributed by atoms with E-state index >= 15 is 0 Å². The van der Waals surface area contributed by atoms with Crippen molar-refractivity contribution in [3.63, 3.8) is 0 Å². The van der Waals surface area contributed by atoms with E-state index in [0.717, 1.165) is 0 Å². The number of nitro benzene ring substituents is 1. The van der Waals surface area contributed by atoms with Gasteiger partial charge in [-0.2, -0.15) is 0 Å². The number of Topliss-reactive ketones (excluding diaryl/α,β-unsaturated/α-hetero) is 1. The van der Waals surface area contributed by atoms with Crippen LogP contribution >= 0.6 is 0 Å². The van der Waals surface area contributed by atoms with Gasteiger partial charge in [-0.15, -0.1) is 0 Å². The summed E-state index contributed by atoms with van der Waals surface area (Å²) in [6.07, 6.45) is 1.51. The van der Waals surface area contributed by atoms with E-state index < -0.39 is 10.8 Å². The molecule has 2 aliphatic rings. The zero-order valence-corrected chi connectivity index (χ0v) is 18.6. The Kier molecular flexibility index (Phi) is 6.04. The Hall–Kier alpha value is -3.88. The molecule has 9 nitrogen and oxygen atoms in total. The van der Waals surface area contributed by atoms with Crippen molar-refractivity contribution in [2.45, 2.75) is 31.6 Å². The number of benzene rings is 2. The van der Waals surface area contributed by atoms with E-state index in [0.29, 0.717) is 59.0 Å². The van der Waals surface area contributed by atoms with Crippen LogP contribution in [0.2, 0.25) is 0 Å². The van der Waals surface area contributed by atoms with Crippen LogP contribution in [0, 0.1) is 10.1 Å². The maximum atomic E-state index is 13.4. The van der Waals surface area contributed by atoms with Gasteiger partial charge in [0.1, 0.15) is 5.75 Å². The highest BCUT2D eigenvalue weighted by Crippen LogP contribution is 2.48. The van der Waals surface area contributed by atoms with Crippen LogP contribution in [-0.4, -0.2) is 37.9 Å². The number of rotatable bonds is 6. The molecule has 0 spiro atoms. The zero-order valence-electron chi connectivity index (χ0n) is 18.6. The van der Waals surface area contributed by atoms with E-state index in [1.54, 1.807) is 18.2 Å². The van der Waals surface area contributed by atoms with Gasteiger partial charge < -0.3 is 14.2 Å². The smallest absolute Gasteiger partial charge is 0.271 e. The predicted octanol–water partition coefficient (Wildman–Crippen LogP) is 4.15. The van der Waals surface area contributed by atoms with E-state index in [4.69, 9.17) is 14.2 Å². The first kappa shape index (κ1) is 22.3. The van der Waals surface area contributed by atoms with Crippen molar-refractivity contribution in [1.82, 2.24) is 0 Å². The molecular formula is C24H24N2O7. The predicted molar refractivity (Wildman–Crippen MR) is 120 cm³/mol. The quantitative estimate of drug-likeness (QED) is 0.478. The minimum absolute atomic E-state index is 0.0130. The fourth-order valence-corrected chi connectivity index (χ4v) is 4.63. The minimum atomic E-state index is -0.523. The number of carbonyl (C=O) groups is 2. The third kappa shape index (κ3) is 3.90. The van der Waals surface area contributed by atoms with Crippen LogP contribution in [0.3, 0.4) is 0 Å². The van der Waals surface area contributed by atoms with Gasteiger partial charge in [0.05, 0.1) is 31.9 Å². The Balaban J connectivity index is 1.89. The number of ether oxygens (including phenoxy) is 3. The van der Waals surface area contributed by atoms with Crippen molar-refractivity contribution in [3.8, 4) is 17.2 Å². The molecule has 2 aromatic carbocycles. The normalized spacial score (nSPS) is 18.2. The third-order valence-electron chi connectivity index (χ3n) is 6.09. The maximum Gasteiger partial charge on any atom is 0.271 e. The first-order valence-corrected chi connectivity index (χ1v) is 10.5. The summed E-state index contributed by atoms with van der Waals surface area (Å²) in [5.41, 5.74) is 2.05. The number of hydrogen-bond acceptors (Lipinski definition) is 7. The van der Waals surface area contributed by atoms with Gasteiger partial charge in [-0.05, 0) is 25.0 Å². The summed E-state index contributed by atoms with van der Waals surface area (Å²) < 4.78 is 16.4. The first-order chi connectivity index (χ1) is 15.9. The van der Waals surface area contributed by atoms with Gasteiger partial charge in [-0.1, -0.05) is 6.07 Å². The molecule has 0 radical (unpaired) electrons. The monoisotopic (exact) mass is 452 g/mol. The highest BCUT2D eigenvalue weighted by atomic mass is 16.6. The van der Waals surface area contributed by atoms with Crippen LogP contribution in [0.4, 0.5) is 11.4 Å². The largest absolute Gasteiger partial charge is 0.496 e. The maximum absolute atomic E-state index is 13.4. The molecule has 0 bridgehead atoms. The number of amides is 1. The molecular weight excluding hydrogens is 428 g/mol. The van der Waals surface area contributed by atoms with Crippen molar-refractivity contribution in [2.75, 3.05) is 26.2 Å². The third-order valence-corrected chi connectivity index (χ3v) is 6.09. The van der Waals surface area contributed by atoms with Crippen LogP contribution in [0.25, 0.3) is 0 Å². The highest BCUT2D eigenvalue weighted by Gasteiger charge is 2.41. The number of non-ortho nitro benzene ring substituents is 1. The van der Waals surface area contributed by atoms with Crippen LogP contribution < -0.4 is 19.1 Å². The fraction of sp³-hybridized carbons (Fsp3) is 0.333. The van der Waals surface area contributed by atoms with Gasteiger partial charge in [0, 0.05) is 53.8 Å². The Morgan fingerprint density at radius 3 is 2.33 bits per heavy atom. The fourth-order valence-electron chi connectivity index (χ4n) is 4.63. The number of nitrogens with zero attached hydrogens (tertiary/aromatic N) is 2. The van der Waals surface area contributed by atoms with Crippen LogP contribution in [-0.2, 0) is 9.59 Å². The molecule has 2 aromatic rings. The summed E-state index contributed by atoms with van der Waals surface area (Å²) in [5, 5.41) is 11.3. The second-order valence-corrected chi connectivity index (χ2v) is 7.85. The molecule has 33 heavy (non-hydrogen) atoms. The lowest BCUT2D eigenvalue weighted by Gasteiger charge is -2.38. The first-order valence-electron chi connectivity index (χ1n) is 10.5. The molecule has 1 amide bonds. The number of allylic oxidation sites excluding steroid dienone is 2. The highest BCUT2D eigenvalue weighted by molar-refractivity contribution is 6.07. The molecule has 0 N–H and O–H groups in total. The lowest BCUT2D eigenvalue weighted by atomic mass is 9.76. The van der Waals surface area contributed by atoms with Crippen molar-refractivity contribution < 1.29 is 28.7 Å². The standard InChI is InChI=1S/C24H24N2O7/c1-31-20-13-22(33-3)21(32-2)11-16(20)17-12-23(28)25(18-8-5-9-19(27)24(17)18)14-6-4-7-15(10-14)26(29)30/h4,6-7,10-11,13,17H,5,8-9,12H2,1-3H3. The van der Waals surface area contributed by atoms with E-state index in [1.807, 2.05) is 0 Å². The SMILES string of the molecule is COc1cc(OC)c(C2CC(=O)N(c3cccc([N+](=O)[O-])c3)C3=C2C(=O)CCC3)cc1OC. The van der Waals surface area contributed by atoms with Crippen LogP contribution in [0.15, 0.2) is 47.7 Å². The van der Waals surface area contributed by atoms with E-state index in [2.05, 4.69) is 0 Å². The summed E-state index contributed by atoms with van der Waals surface area (Å²) in [4.78, 5) is 38.8. The summed E-state index contributed by atoms with van der Waals surface area (Å²) in [6, 6.07) is 9.33. The van der Waals surface area contributed by atoms with Crippen LogP contribution in [0.5, 0.6) is 17.2 Å². The van der Waals surface area contributed by atoms with Gasteiger partial charge in [-0.25, -0.2) is 0 Å². The van der Waals surface area contributed by atoms with Gasteiger partial charge in [0.25, 0.3) is 5.69 Å². The van der Waals surface area contributed by atoms with Crippen molar-refractivity contribution >= 4 is 23.1 Å². The van der Waals surface area contributed by atoms with E-state index in [9.17, 15) is 19.7 Å². The molecule has 0 saturated heterocycles. The average Bonchev–Trinajstić information content (AvgIpc) is 2.82. The van der Waals surface area contributed by atoms with Gasteiger partial charge in [0.15, 0.2) is 17.3 Å². The number of nitro groups is 1. The molecule has 1 aliphatic carbocycles. The summed E-state index contributed by atoms with van der Waals surface area (Å²) in [7, 11) is 4.55. The lowest BCUT2D eigenvalue weighted by molar-refractivity contribution is -0.384. The molecule has 1 heterocycles. The molecule has 1 unspecified atom stereocenters. The molecule has 172 valence electrons. The average molecular weight is 452 g/mol. The Morgan fingerprint density at radius 1 is 0.970 bits per heavy atom. The Bertz CT molecular complexity index is 1170. The number of anilines is 1. The molecule has 1 aliphatic heterocycles.